The number of amides is 1. The van der Waals surface area contributed by atoms with Crippen molar-refractivity contribution in [2.75, 3.05) is 52.4 Å². The number of nitrogens with one attached hydrogen (secondary N) is 3. The smallest absolute Gasteiger partial charge is 0.233 e. The van der Waals surface area contributed by atoms with Crippen LogP contribution in [0.2, 0.25) is 0 Å². The van der Waals surface area contributed by atoms with Crippen molar-refractivity contribution in [2.45, 2.75) is 271 Å². The zero-order valence-electron chi connectivity index (χ0n) is 39.4. The molecule has 0 aliphatic carbocycles. The molecule has 0 saturated carbocycles. The van der Waals surface area contributed by atoms with Crippen molar-refractivity contribution in [1.82, 2.24) is 20.9 Å². The average molecular weight is 807 g/mol. The van der Waals surface area contributed by atoms with Gasteiger partial charge in [-0.1, -0.05) is 233 Å². The van der Waals surface area contributed by atoms with E-state index in [-0.39, 0.29) is 5.91 Å². The van der Waals surface area contributed by atoms with Crippen molar-refractivity contribution in [2.24, 2.45) is 0 Å². The lowest BCUT2D eigenvalue weighted by Crippen LogP contribution is -2.42. The average Bonchev–Trinajstić information content (AvgIpc) is 3.21. The maximum Gasteiger partial charge on any atom is 0.233 e. The molecule has 0 rings (SSSR count). The van der Waals surface area contributed by atoms with Crippen molar-refractivity contribution in [3.8, 4) is 0 Å². The molecule has 0 saturated heterocycles. The van der Waals surface area contributed by atoms with Crippen molar-refractivity contribution in [3.63, 3.8) is 0 Å². The minimum absolute atomic E-state index is 0.0506. The molecule has 0 aromatic carbocycles. The van der Waals surface area contributed by atoms with E-state index < -0.39 is 6.10 Å². The van der Waals surface area contributed by atoms with Crippen LogP contribution in [-0.4, -0.2) is 74.4 Å². The summed E-state index contributed by atoms with van der Waals surface area (Å²) in [5.74, 6) is 0.0506. The van der Waals surface area contributed by atoms with Gasteiger partial charge in [-0.2, -0.15) is 0 Å². The van der Waals surface area contributed by atoms with Gasteiger partial charge in [-0.3, -0.25) is 4.79 Å². The monoisotopic (exact) mass is 807 g/mol. The summed E-state index contributed by atoms with van der Waals surface area (Å²) >= 11 is 0. The summed E-state index contributed by atoms with van der Waals surface area (Å²) < 4.78 is 0. The van der Waals surface area contributed by atoms with Crippen LogP contribution in [0.5, 0.6) is 0 Å². The maximum absolute atomic E-state index is 12.4. The Balaban J connectivity index is 4.12. The van der Waals surface area contributed by atoms with Gasteiger partial charge in [0.15, 0.2) is 0 Å². The van der Waals surface area contributed by atoms with Crippen molar-refractivity contribution >= 4 is 5.91 Å². The molecule has 1 amide bonds. The van der Waals surface area contributed by atoms with Crippen LogP contribution < -0.4 is 16.0 Å². The Hall–Kier alpha value is -0.690. The Morgan fingerprint density at radius 2 is 0.702 bits per heavy atom. The van der Waals surface area contributed by atoms with Gasteiger partial charge in [0.25, 0.3) is 0 Å². The fourth-order valence-electron chi connectivity index (χ4n) is 8.24. The zero-order chi connectivity index (χ0) is 41.4. The Morgan fingerprint density at radius 1 is 0.404 bits per heavy atom. The van der Waals surface area contributed by atoms with Crippen LogP contribution in [0.15, 0.2) is 0 Å². The van der Waals surface area contributed by atoms with Gasteiger partial charge in [0.05, 0.1) is 12.6 Å². The quantitative estimate of drug-likeness (QED) is 0.0461. The third-order valence-electron chi connectivity index (χ3n) is 12.1. The minimum atomic E-state index is -0.449. The molecule has 0 aliphatic rings. The first-order valence-electron chi connectivity index (χ1n) is 26.2. The molecule has 0 bridgehead atoms. The molecule has 4 N–H and O–H groups in total. The summed E-state index contributed by atoms with van der Waals surface area (Å²) in [6.45, 7) is 13.5. The van der Waals surface area contributed by atoms with Crippen LogP contribution in [0.25, 0.3) is 0 Å². The predicted molar refractivity (Wildman–Crippen MR) is 254 cm³/mol. The van der Waals surface area contributed by atoms with Gasteiger partial charge in [0, 0.05) is 19.6 Å². The highest BCUT2D eigenvalue weighted by Gasteiger charge is 2.12. The number of carbonyl (C=O) groups excluding carboxylic acids is 1. The summed E-state index contributed by atoms with van der Waals surface area (Å²) in [5.41, 5.74) is 0. The summed E-state index contributed by atoms with van der Waals surface area (Å²) in [5, 5.41) is 20.9. The molecular weight excluding hydrogens is 701 g/mol. The Labute approximate surface area is 358 Å². The number of nitrogens with zero attached hydrogens (tertiary/aromatic N) is 1. The lowest BCUT2D eigenvalue weighted by molar-refractivity contribution is -0.120. The number of hydrogen-bond acceptors (Lipinski definition) is 5. The second-order valence-electron chi connectivity index (χ2n) is 18.1. The molecule has 0 spiro atoms. The molecule has 0 heterocycles. The standard InChI is InChI=1S/C51H106N4O2/c1-4-7-10-13-16-19-22-25-28-31-34-37-42-52-43-39-41-46-55(45-40-36-33-30-27-24-21-18-15-12-9-6-3)49-50(56)47-53-48-51(57)54-44-38-35-32-29-26-23-20-17-14-11-8-5-2/h50,52-53,56H,4-49H2,1-3H3,(H,54,57). The van der Waals surface area contributed by atoms with E-state index in [4.69, 9.17) is 0 Å². The third-order valence-corrected chi connectivity index (χ3v) is 12.1. The molecule has 57 heavy (non-hydrogen) atoms. The van der Waals surface area contributed by atoms with Crippen LogP contribution in [0.1, 0.15) is 265 Å². The third kappa shape index (κ3) is 47.9. The fourth-order valence-corrected chi connectivity index (χ4v) is 8.24. The molecule has 0 aliphatic heterocycles. The van der Waals surface area contributed by atoms with E-state index in [1.54, 1.807) is 0 Å². The highest BCUT2D eigenvalue weighted by Crippen LogP contribution is 2.15. The van der Waals surface area contributed by atoms with Gasteiger partial charge >= 0.3 is 0 Å². The number of aliphatic hydroxyl groups excluding tert-OH is 1. The van der Waals surface area contributed by atoms with Crippen LogP contribution in [0.3, 0.4) is 0 Å². The first-order valence-corrected chi connectivity index (χ1v) is 26.2. The summed E-state index contributed by atoms with van der Waals surface area (Å²) in [6, 6.07) is 0. The van der Waals surface area contributed by atoms with Gasteiger partial charge in [0.1, 0.15) is 0 Å². The maximum atomic E-state index is 12.4. The molecular formula is C51H106N4O2. The van der Waals surface area contributed by atoms with E-state index >= 15 is 0 Å². The summed E-state index contributed by atoms with van der Waals surface area (Å²) in [4.78, 5) is 14.9. The summed E-state index contributed by atoms with van der Waals surface area (Å²) in [7, 11) is 0. The Bertz CT molecular complexity index is 753. The van der Waals surface area contributed by atoms with E-state index in [2.05, 4.69) is 41.6 Å². The Morgan fingerprint density at radius 3 is 1.09 bits per heavy atom. The van der Waals surface area contributed by atoms with Crippen molar-refractivity contribution in [1.29, 1.82) is 0 Å². The van der Waals surface area contributed by atoms with E-state index in [1.165, 1.54) is 238 Å². The summed E-state index contributed by atoms with van der Waals surface area (Å²) in [6.07, 6.45) is 51.2. The van der Waals surface area contributed by atoms with E-state index in [9.17, 15) is 9.90 Å². The molecule has 0 aromatic rings. The largest absolute Gasteiger partial charge is 0.390 e. The van der Waals surface area contributed by atoms with Crippen LogP contribution in [0, 0.1) is 0 Å². The lowest BCUT2D eigenvalue weighted by atomic mass is 10.1. The molecule has 0 radical (unpaired) electrons. The molecule has 1 unspecified atom stereocenters. The van der Waals surface area contributed by atoms with E-state index in [0.29, 0.717) is 19.6 Å². The second-order valence-corrected chi connectivity index (χ2v) is 18.1. The SMILES string of the molecule is CCCCCCCCCCCCCCNCCCCN(CCCCCCCCCCCCCC)CC(O)CNCC(=O)NCCCCCCCCCCCCCC. The topological polar surface area (TPSA) is 76.6 Å². The van der Waals surface area contributed by atoms with E-state index in [1.807, 2.05) is 0 Å². The van der Waals surface area contributed by atoms with Crippen molar-refractivity contribution in [3.05, 3.63) is 0 Å². The van der Waals surface area contributed by atoms with Gasteiger partial charge in [-0.05, 0) is 58.3 Å². The first kappa shape index (κ1) is 56.3. The van der Waals surface area contributed by atoms with E-state index in [0.717, 1.165) is 39.1 Å². The van der Waals surface area contributed by atoms with Gasteiger partial charge < -0.3 is 26.0 Å². The Kier molecular flexibility index (Phi) is 49.1. The van der Waals surface area contributed by atoms with Crippen LogP contribution in [-0.2, 0) is 4.79 Å². The number of carbonyl (C=O) groups is 1. The van der Waals surface area contributed by atoms with Gasteiger partial charge in [-0.25, -0.2) is 0 Å². The molecule has 0 fully saturated rings. The minimum Gasteiger partial charge on any atom is -0.390 e. The van der Waals surface area contributed by atoms with Gasteiger partial charge in [0.2, 0.25) is 5.91 Å². The molecule has 6 heteroatoms. The second kappa shape index (κ2) is 49.7. The zero-order valence-corrected chi connectivity index (χ0v) is 39.4. The molecule has 6 nitrogen and oxygen atoms in total. The molecule has 0 aromatic heterocycles. The molecule has 1 atom stereocenters. The first-order chi connectivity index (χ1) is 28.1. The van der Waals surface area contributed by atoms with Crippen LogP contribution >= 0.6 is 0 Å². The highest BCUT2D eigenvalue weighted by molar-refractivity contribution is 5.77. The number of unbranched alkanes of at least 4 members (excludes halogenated alkanes) is 34. The fraction of sp³-hybridized carbons (Fsp3) is 0.980. The van der Waals surface area contributed by atoms with Crippen LogP contribution in [0.4, 0.5) is 0 Å². The molecule has 342 valence electrons. The number of aliphatic hydroxyl groups is 1. The van der Waals surface area contributed by atoms with Crippen molar-refractivity contribution < 1.29 is 9.90 Å². The number of rotatable bonds is 50. The highest BCUT2D eigenvalue weighted by atomic mass is 16.3. The predicted octanol–water partition coefficient (Wildman–Crippen LogP) is 13.8. The lowest BCUT2D eigenvalue weighted by Gasteiger charge is -2.25. The normalized spacial score (nSPS) is 12.2. The number of hydrogen-bond donors (Lipinski definition) is 4. The van der Waals surface area contributed by atoms with Gasteiger partial charge in [-0.15, -0.1) is 0 Å².